The van der Waals surface area contributed by atoms with Gasteiger partial charge in [0.2, 0.25) is 0 Å². The van der Waals surface area contributed by atoms with E-state index in [-0.39, 0.29) is 5.91 Å². The summed E-state index contributed by atoms with van der Waals surface area (Å²) >= 11 is 0. The maximum absolute atomic E-state index is 11.7. The number of hydrogen-bond donors (Lipinski definition) is 1. The Morgan fingerprint density at radius 2 is 2.00 bits per heavy atom. The van der Waals surface area contributed by atoms with E-state index in [2.05, 4.69) is 10.5 Å². The summed E-state index contributed by atoms with van der Waals surface area (Å²) in [6.07, 6.45) is 1.71. The average molecular weight is 218 g/mol. The molecule has 0 fully saturated rings. The first-order valence-corrected chi connectivity index (χ1v) is 5.41. The number of hydrogen-bond acceptors (Lipinski definition) is 2. The monoisotopic (exact) mass is 218 g/mol. The summed E-state index contributed by atoms with van der Waals surface area (Å²) < 4.78 is 0. The second-order valence-corrected chi connectivity index (χ2v) is 4.26. The standard InChI is InChI=1S/C13H18N2O/c1-9(2)8-14-15-13(16)12-6-5-10(3)11(4)7-12/h5-9H,1-4H3,(H,15,16)/b14-8-. The van der Waals surface area contributed by atoms with Crippen molar-refractivity contribution in [1.29, 1.82) is 0 Å². The Labute approximate surface area is 96.6 Å². The maximum atomic E-state index is 11.7. The molecule has 0 saturated carbocycles. The summed E-state index contributed by atoms with van der Waals surface area (Å²) in [5, 5.41) is 3.87. The Hall–Kier alpha value is -1.64. The molecule has 0 saturated heterocycles. The van der Waals surface area contributed by atoms with Crippen LogP contribution in [0, 0.1) is 19.8 Å². The zero-order valence-electron chi connectivity index (χ0n) is 10.2. The zero-order chi connectivity index (χ0) is 12.1. The minimum Gasteiger partial charge on any atom is -0.267 e. The van der Waals surface area contributed by atoms with Gasteiger partial charge in [-0.15, -0.1) is 0 Å². The number of carbonyl (C=O) groups excluding carboxylic acids is 1. The molecule has 0 unspecified atom stereocenters. The van der Waals surface area contributed by atoms with E-state index in [0.717, 1.165) is 5.56 Å². The molecule has 0 aliphatic heterocycles. The quantitative estimate of drug-likeness (QED) is 0.615. The van der Waals surface area contributed by atoms with E-state index < -0.39 is 0 Å². The molecule has 0 radical (unpaired) electrons. The number of amides is 1. The molecule has 3 heteroatoms. The van der Waals surface area contributed by atoms with Crippen molar-refractivity contribution in [1.82, 2.24) is 5.43 Å². The van der Waals surface area contributed by atoms with Gasteiger partial charge in [-0.05, 0) is 43.0 Å². The molecule has 0 aromatic heterocycles. The van der Waals surface area contributed by atoms with Crippen molar-refractivity contribution < 1.29 is 4.79 Å². The molecule has 16 heavy (non-hydrogen) atoms. The smallest absolute Gasteiger partial charge is 0.267 e. The van der Waals surface area contributed by atoms with Crippen LogP contribution in [-0.4, -0.2) is 12.1 Å². The number of carbonyl (C=O) groups is 1. The lowest BCUT2D eigenvalue weighted by molar-refractivity contribution is 0.0955. The molecule has 0 spiro atoms. The van der Waals surface area contributed by atoms with Crippen LogP contribution in [0.5, 0.6) is 0 Å². The maximum Gasteiger partial charge on any atom is 0.271 e. The van der Waals surface area contributed by atoms with Gasteiger partial charge in [-0.3, -0.25) is 4.79 Å². The lowest BCUT2D eigenvalue weighted by Gasteiger charge is -2.03. The van der Waals surface area contributed by atoms with Crippen molar-refractivity contribution in [3.63, 3.8) is 0 Å². The normalized spacial score (nSPS) is 11.1. The lowest BCUT2D eigenvalue weighted by atomic mass is 10.1. The molecule has 3 nitrogen and oxygen atoms in total. The Balaban J connectivity index is 2.70. The van der Waals surface area contributed by atoms with Crippen molar-refractivity contribution in [2.75, 3.05) is 0 Å². The molecule has 1 N–H and O–H groups in total. The first kappa shape index (κ1) is 12.4. The fourth-order valence-corrected chi connectivity index (χ4v) is 1.19. The topological polar surface area (TPSA) is 41.5 Å². The van der Waals surface area contributed by atoms with E-state index in [1.807, 2.05) is 45.9 Å². The van der Waals surface area contributed by atoms with E-state index in [9.17, 15) is 4.79 Å². The van der Waals surface area contributed by atoms with Crippen LogP contribution in [0.25, 0.3) is 0 Å². The number of rotatable bonds is 3. The van der Waals surface area contributed by atoms with Gasteiger partial charge in [0.25, 0.3) is 5.91 Å². The van der Waals surface area contributed by atoms with Gasteiger partial charge in [-0.2, -0.15) is 5.10 Å². The minimum absolute atomic E-state index is 0.167. The molecular weight excluding hydrogens is 200 g/mol. The Morgan fingerprint density at radius 3 is 2.56 bits per heavy atom. The first-order chi connectivity index (χ1) is 7.50. The summed E-state index contributed by atoms with van der Waals surface area (Å²) in [4.78, 5) is 11.7. The van der Waals surface area contributed by atoms with Gasteiger partial charge in [0.05, 0.1) is 0 Å². The summed E-state index contributed by atoms with van der Waals surface area (Å²) in [5.74, 6) is 0.167. The number of aryl methyl sites for hydroxylation is 2. The number of nitrogens with zero attached hydrogens (tertiary/aromatic N) is 1. The number of hydrazone groups is 1. The van der Waals surface area contributed by atoms with Gasteiger partial charge in [0.15, 0.2) is 0 Å². The van der Waals surface area contributed by atoms with E-state index in [1.54, 1.807) is 6.21 Å². The van der Waals surface area contributed by atoms with Gasteiger partial charge < -0.3 is 0 Å². The van der Waals surface area contributed by atoms with Gasteiger partial charge in [-0.25, -0.2) is 5.43 Å². The number of benzene rings is 1. The van der Waals surface area contributed by atoms with E-state index in [0.29, 0.717) is 11.5 Å². The van der Waals surface area contributed by atoms with Crippen LogP contribution in [-0.2, 0) is 0 Å². The predicted octanol–water partition coefficient (Wildman–Crippen LogP) is 2.68. The van der Waals surface area contributed by atoms with Gasteiger partial charge in [0.1, 0.15) is 0 Å². The molecule has 1 aromatic carbocycles. The third-order valence-electron chi connectivity index (χ3n) is 2.31. The zero-order valence-corrected chi connectivity index (χ0v) is 10.2. The van der Waals surface area contributed by atoms with Crippen LogP contribution in [0.1, 0.15) is 35.3 Å². The first-order valence-electron chi connectivity index (χ1n) is 5.41. The molecule has 86 valence electrons. The van der Waals surface area contributed by atoms with Crippen molar-refractivity contribution in [3.05, 3.63) is 34.9 Å². The van der Waals surface area contributed by atoms with Crippen LogP contribution < -0.4 is 5.43 Å². The van der Waals surface area contributed by atoms with Gasteiger partial charge in [-0.1, -0.05) is 19.9 Å². The third-order valence-corrected chi connectivity index (χ3v) is 2.31. The van der Waals surface area contributed by atoms with Crippen LogP contribution in [0.2, 0.25) is 0 Å². The molecule has 1 aromatic rings. The summed E-state index contributed by atoms with van der Waals surface area (Å²) in [6.45, 7) is 8.02. The molecule has 0 aliphatic rings. The summed E-state index contributed by atoms with van der Waals surface area (Å²) in [5.41, 5.74) is 5.44. The molecule has 0 atom stereocenters. The van der Waals surface area contributed by atoms with Crippen LogP contribution in [0.15, 0.2) is 23.3 Å². The molecule has 1 amide bonds. The van der Waals surface area contributed by atoms with E-state index >= 15 is 0 Å². The highest BCUT2D eigenvalue weighted by Gasteiger charge is 2.04. The highest BCUT2D eigenvalue weighted by atomic mass is 16.2. The van der Waals surface area contributed by atoms with E-state index in [4.69, 9.17) is 0 Å². The fourth-order valence-electron chi connectivity index (χ4n) is 1.19. The molecule has 0 heterocycles. The second-order valence-electron chi connectivity index (χ2n) is 4.26. The highest BCUT2D eigenvalue weighted by Crippen LogP contribution is 2.09. The molecule has 0 bridgehead atoms. The van der Waals surface area contributed by atoms with E-state index in [1.165, 1.54) is 5.56 Å². The molecular formula is C13H18N2O. The lowest BCUT2D eigenvalue weighted by Crippen LogP contribution is -2.18. The largest absolute Gasteiger partial charge is 0.271 e. The van der Waals surface area contributed by atoms with Crippen LogP contribution in [0.4, 0.5) is 0 Å². The summed E-state index contributed by atoms with van der Waals surface area (Å²) in [6, 6.07) is 5.62. The molecule has 0 aliphatic carbocycles. The predicted molar refractivity (Wildman–Crippen MR) is 66.7 cm³/mol. The van der Waals surface area contributed by atoms with Crippen molar-refractivity contribution in [3.8, 4) is 0 Å². The third kappa shape index (κ3) is 3.50. The number of nitrogens with one attached hydrogen (secondary N) is 1. The van der Waals surface area contributed by atoms with Gasteiger partial charge in [0, 0.05) is 11.8 Å². The highest BCUT2D eigenvalue weighted by molar-refractivity contribution is 5.94. The van der Waals surface area contributed by atoms with Crippen molar-refractivity contribution in [2.45, 2.75) is 27.7 Å². The van der Waals surface area contributed by atoms with Gasteiger partial charge >= 0.3 is 0 Å². The Morgan fingerprint density at radius 1 is 1.31 bits per heavy atom. The van der Waals surface area contributed by atoms with Crippen LogP contribution in [0.3, 0.4) is 0 Å². The SMILES string of the molecule is Cc1ccc(C(=O)N/N=C\C(C)C)cc1C. The van der Waals surface area contributed by atoms with Crippen molar-refractivity contribution in [2.24, 2.45) is 11.0 Å². The summed E-state index contributed by atoms with van der Waals surface area (Å²) in [7, 11) is 0. The van der Waals surface area contributed by atoms with Crippen molar-refractivity contribution >= 4 is 12.1 Å². The minimum atomic E-state index is -0.167. The van der Waals surface area contributed by atoms with Crippen LogP contribution >= 0.6 is 0 Å². The Kier molecular flexibility index (Phi) is 4.23. The average Bonchev–Trinajstić information content (AvgIpc) is 2.21. The second kappa shape index (κ2) is 5.45. The molecule has 1 rings (SSSR count). The fraction of sp³-hybridized carbons (Fsp3) is 0.385. The Bertz CT molecular complexity index is 408.